The summed E-state index contributed by atoms with van der Waals surface area (Å²) in [6.45, 7) is 0.898. The van der Waals surface area contributed by atoms with Crippen LogP contribution in [0.5, 0.6) is 0 Å². The van der Waals surface area contributed by atoms with Crippen molar-refractivity contribution < 1.29 is 32.2 Å². The SMILES string of the molecule is CC(OP(O)O)OC(F)(F)F. The number of halogens is 3. The third-order valence-corrected chi connectivity index (χ3v) is 1.03. The third kappa shape index (κ3) is 7.96. The van der Waals surface area contributed by atoms with Crippen LogP contribution in [0.4, 0.5) is 13.2 Å². The first-order chi connectivity index (χ1) is 4.81. The van der Waals surface area contributed by atoms with Crippen molar-refractivity contribution in [2.75, 3.05) is 0 Å². The minimum Gasteiger partial charge on any atom is -0.328 e. The summed E-state index contributed by atoms with van der Waals surface area (Å²) in [6, 6.07) is 0. The highest BCUT2D eigenvalue weighted by Crippen LogP contribution is 2.29. The molecule has 0 spiro atoms. The fourth-order valence-corrected chi connectivity index (χ4v) is 0.651. The maximum Gasteiger partial charge on any atom is 0.524 e. The Morgan fingerprint density at radius 1 is 1.36 bits per heavy atom. The molecule has 0 aromatic heterocycles. The molecule has 0 heterocycles. The van der Waals surface area contributed by atoms with Crippen LogP contribution in [0.1, 0.15) is 6.92 Å². The monoisotopic (exact) mass is 194 g/mol. The minimum atomic E-state index is -4.83. The highest BCUT2D eigenvalue weighted by Gasteiger charge is 2.33. The van der Waals surface area contributed by atoms with Gasteiger partial charge in [0.25, 0.3) is 0 Å². The second kappa shape index (κ2) is 4.18. The van der Waals surface area contributed by atoms with Crippen LogP contribution >= 0.6 is 8.60 Å². The summed E-state index contributed by atoms with van der Waals surface area (Å²) in [5.41, 5.74) is 0. The second-order valence-electron chi connectivity index (χ2n) is 1.49. The maximum atomic E-state index is 11.3. The molecule has 0 aliphatic carbocycles. The van der Waals surface area contributed by atoms with E-state index < -0.39 is 21.3 Å². The predicted octanol–water partition coefficient (Wildman–Crippen LogP) is 1.10. The zero-order chi connectivity index (χ0) is 9.07. The molecular formula is C3H6F3O4P. The molecular weight excluding hydrogens is 188 g/mol. The van der Waals surface area contributed by atoms with Crippen LogP contribution in [0.15, 0.2) is 0 Å². The average molecular weight is 194 g/mol. The van der Waals surface area contributed by atoms with E-state index in [0.29, 0.717) is 0 Å². The molecule has 1 unspecified atom stereocenters. The number of alkyl halides is 3. The van der Waals surface area contributed by atoms with Crippen LogP contribution in [0.25, 0.3) is 0 Å². The summed E-state index contributed by atoms with van der Waals surface area (Å²) in [5, 5.41) is 0. The normalized spacial score (nSPS) is 15.5. The van der Waals surface area contributed by atoms with Crippen molar-refractivity contribution in [1.29, 1.82) is 0 Å². The first-order valence-corrected chi connectivity index (χ1v) is 3.57. The quantitative estimate of drug-likeness (QED) is 0.521. The van der Waals surface area contributed by atoms with E-state index in [2.05, 4.69) is 9.26 Å². The van der Waals surface area contributed by atoms with Gasteiger partial charge in [0.1, 0.15) is 0 Å². The lowest BCUT2D eigenvalue weighted by Gasteiger charge is -2.14. The lowest BCUT2D eigenvalue weighted by molar-refractivity contribution is -0.364. The first-order valence-electron chi connectivity index (χ1n) is 2.40. The standard InChI is InChI=1S/C3H6F3O4P/c1-2(10-11(7)8)9-3(4,5)6/h2,7-8H,1H3. The summed E-state index contributed by atoms with van der Waals surface area (Å²) in [6.07, 6.45) is -6.54. The molecule has 0 aliphatic rings. The molecule has 1 atom stereocenters. The summed E-state index contributed by atoms with van der Waals surface area (Å²) in [5.74, 6) is 0. The molecule has 2 N–H and O–H groups in total. The molecule has 0 rings (SSSR count). The van der Waals surface area contributed by atoms with E-state index in [9.17, 15) is 13.2 Å². The van der Waals surface area contributed by atoms with Crippen LogP contribution in [-0.4, -0.2) is 22.4 Å². The van der Waals surface area contributed by atoms with Crippen LogP contribution in [0, 0.1) is 0 Å². The summed E-state index contributed by atoms with van der Waals surface area (Å²) in [7, 11) is -2.82. The number of hydrogen-bond acceptors (Lipinski definition) is 4. The van der Waals surface area contributed by atoms with Crippen molar-refractivity contribution in [3.8, 4) is 0 Å². The molecule has 0 fully saturated rings. The fourth-order valence-electron chi connectivity index (χ4n) is 0.342. The average Bonchev–Trinajstić information content (AvgIpc) is 1.53. The van der Waals surface area contributed by atoms with Crippen molar-refractivity contribution in [3.63, 3.8) is 0 Å². The van der Waals surface area contributed by atoms with Crippen molar-refractivity contribution in [1.82, 2.24) is 0 Å². The molecule has 0 amide bonds. The lowest BCUT2D eigenvalue weighted by Crippen LogP contribution is -2.22. The fraction of sp³-hybridized carbons (Fsp3) is 1.00. The third-order valence-electron chi connectivity index (χ3n) is 0.542. The van der Waals surface area contributed by atoms with Gasteiger partial charge in [-0.05, 0) is 6.92 Å². The van der Waals surface area contributed by atoms with E-state index in [1.807, 2.05) is 0 Å². The summed E-state index contributed by atoms with van der Waals surface area (Å²) >= 11 is 0. The Bertz CT molecular complexity index is 116. The molecule has 0 aliphatic heterocycles. The molecule has 11 heavy (non-hydrogen) atoms. The van der Waals surface area contributed by atoms with Gasteiger partial charge in [-0.25, -0.2) is 0 Å². The molecule has 0 radical (unpaired) electrons. The highest BCUT2D eigenvalue weighted by atomic mass is 31.2. The van der Waals surface area contributed by atoms with Gasteiger partial charge in [0.2, 0.25) is 0 Å². The molecule has 0 aromatic rings. The molecule has 0 bridgehead atoms. The Kier molecular flexibility index (Phi) is 4.20. The van der Waals surface area contributed by atoms with E-state index in [-0.39, 0.29) is 0 Å². The van der Waals surface area contributed by atoms with Gasteiger partial charge in [-0.1, -0.05) is 0 Å². The number of ether oxygens (including phenoxy) is 1. The minimum absolute atomic E-state index is 0.898. The topological polar surface area (TPSA) is 58.9 Å². The van der Waals surface area contributed by atoms with Crippen molar-refractivity contribution in [2.45, 2.75) is 19.6 Å². The van der Waals surface area contributed by atoms with Crippen molar-refractivity contribution >= 4 is 8.60 Å². The van der Waals surface area contributed by atoms with Gasteiger partial charge in [-0.3, -0.25) is 9.26 Å². The molecule has 68 valence electrons. The van der Waals surface area contributed by atoms with Gasteiger partial charge in [-0.15, -0.1) is 13.2 Å². The summed E-state index contributed by atoms with van der Waals surface area (Å²) in [4.78, 5) is 16.1. The lowest BCUT2D eigenvalue weighted by atomic mass is 10.8. The van der Waals surface area contributed by atoms with Crippen LogP contribution in [0.2, 0.25) is 0 Å². The first kappa shape index (κ1) is 11.1. The zero-order valence-corrected chi connectivity index (χ0v) is 6.26. The Balaban J connectivity index is 3.61. The highest BCUT2D eigenvalue weighted by molar-refractivity contribution is 7.39. The zero-order valence-electron chi connectivity index (χ0n) is 5.37. The van der Waals surface area contributed by atoms with Crippen molar-refractivity contribution in [2.24, 2.45) is 0 Å². The number of rotatable bonds is 3. The maximum absolute atomic E-state index is 11.3. The second-order valence-corrected chi connectivity index (χ2v) is 2.21. The van der Waals surface area contributed by atoms with E-state index in [1.54, 1.807) is 0 Å². The molecule has 4 nitrogen and oxygen atoms in total. The van der Waals surface area contributed by atoms with Crippen molar-refractivity contribution in [3.05, 3.63) is 0 Å². The molecule has 0 saturated carbocycles. The van der Waals surface area contributed by atoms with E-state index in [1.165, 1.54) is 0 Å². The van der Waals surface area contributed by atoms with E-state index in [0.717, 1.165) is 6.92 Å². The largest absolute Gasteiger partial charge is 0.524 e. The van der Waals surface area contributed by atoms with Gasteiger partial charge in [0, 0.05) is 0 Å². The Morgan fingerprint density at radius 3 is 2.09 bits per heavy atom. The van der Waals surface area contributed by atoms with Gasteiger partial charge < -0.3 is 9.79 Å². The predicted molar refractivity (Wildman–Crippen MR) is 29.0 cm³/mol. The van der Waals surface area contributed by atoms with Crippen LogP contribution < -0.4 is 0 Å². The van der Waals surface area contributed by atoms with Crippen LogP contribution in [-0.2, 0) is 9.26 Å². The molecule has 8 heteroatoms. The Hall–Kier alpha value is 0.0600. The molecule has 0 saturated heterocycles. The Labute approximate surface area is 61.5 Å². The summed E-state index contributed by atoms with van der Waals surface area (Å²) < 4.78 is 41.0. The number of hydrogen-bond donors (Lipinski definition) is 2. The van der Waals surface area contributed by atoms with E-state index in [4.69, 9.17) is 9.79 Å². The van der Waals surface area contributed by atoms with Gasteiger partial charge >= 0.3 is 15.0 Å². The van der Waals surface area contributed by atoms with Gasteiger partial charge in [-0.2, -0.15) is 0 Å². The van der Waals surface area contributed by atoms with Gasteiger partial charge in [0.05, 0.1) is 0 Å². The molecule has 0 aromatic carbocycles. The Morgan fingerprint density at radius 2 is 1.82 bits per heavy atom. The van der Waals surface area contributed by atoms with Gasteiger partial charge in [0.15, 0.2) is 6.29 Å². The van der Waals surface area contributed by atoms with Crippen LogP contribution in [0.3, 0.4) is 0 Å². The van der Waals surface area contributed by atoms with E-state index >= 15 is 0 Å². The smallest absolute Gasteiger partial charge is 0.328 e.